The number of aryl methyl sites for hydroxylation is 1. The largest absolute Gasteiger partial charge is 0.497 e. The second-order valence-corrected chi connectivity index (χ2v) is 8.08. The number of hydrogen-bond acceptors (Lipinski definition) is 5. The molecule has 2 amide bonds. The molecule has 7 heteroatoms. The Morgan fingerprint density at radius 2 is 1.69 bits per heavy atom. The molecule has 0 unspecified atom stereocenters. The summed E-state index contributed by atoms with van der Waals surface area (Å²) in [7, 11) is 3.17. The number of carbonyl (C=O) groups is 2. The molecule has 0 aliphatic carbocycles. The first-order chi connectivity index (χ1) is 15.5. The number of ether oxygens (including phenoxy) is 2. The Kier molecular flexibility index (Phi) is 8.16. The van der Waals surface area contributed by atoms with Crippen LogP contribution in [0.3, 0.4) is 0 Å². The fourth-order valence-electron chi connectivity index (χ4n) is 3.05. The highest BCUT2D eigenvalue weighted by Crippen LogP contribution is 2.25. The number of amides is 2. The number of benzene rings is 3. The van der Waals surface area contributed by atoms with Gasteiger partial charge in [0.15, 0.2) is 0 Å². The predicted octanol–water partition coefficient (Wildman–Crippen LogP) is 4.67. The first-order valence-corrected chi connectivity index (χ1v) is 11.1. The van der Waals surface area contributed by atoms with Crippen molar-refractivity contribution in [2.24, 2.45) is 0 Å². The summed E-state index contributed by atoms with van der Waals surface area (Å²) >= 11 is 1.32. The molecule has 0 saturated heterocycles. The van der Waals surface area contributed by atoms with Crippen LogP contribution in [0.1, 0.15) is 21.5 Å². The van der Waals surface area contributed by atoms with E-state index in [4.69, 9.17) is 9.47 Å². The van der Waals surface area contributed by atoms with Crippen LogP contribution < -0.4 is 20.1 Å². The van der Waals surface area contributed by atoms with Crippen molar-refractivity contribution in [3.63, 3.8) is 0 Å². The molecule has 0 aromatic heterocycles. The molecular formula is C25H26N2O4S. The van der Waals surface area contributed by atoms with E-state index in [1.807, 2.05) is 49.4 Å². The Labute approximate surface area is 192 Å². The number of nitrogens with one attached hydrogen (secondary N) is 2. The Bertz CT molecular complexity index is 1080. The topological polar surface area (TPSA) is 76.7 Å². The lowest BCUT2D eigenvalue weighted by Crippen LogP contribution is -2.24. The zero-order valence-corrected chi connectivity index (χ0v) is 19.1. The summed E-state index contributed by atoms with van der Waals surface area (Å²) in [5.41, 5.74) is 3.20. The third-order valence-corrected chi connectivity index (χ3v) is 5.83. The Morgan fingerprint density at radius 3 is 2.41 bits per heavy atom. The van der Waals surface area contributed by atoms with Gasteiger partial charge in [0.25, 0.3) is 5.91 Å². The molecule has 0 spiro atoms. The van der Waals surface area contributed by atoms with E-state index in [1.165, 1.54) is 11.8 Å². The molecule has 0 aliphatic rings. The van der Waals surface area contributed by atoms with Gasteiger partial charge < -0.3 is 20.1 Å². The van der Waals surface area contributed by atoms with Gasteiger partial charge >= 0.3 is 0 Å². The second kappa shape index (κ2) is 11.2. The molecule has 3 rings (SSSR count). The maximum Gasteiger partial charge on any atom is 0.252 e. The average molecular weight is 451 g/mol. The third kappa shape index (κ3) is 6.28. The number of rotatable bonds is 9. The fourth-order valence-corrected chi connectivity index (χ4v) is 3.90. The Hall–Kier alpha value is -3.45. The van der Waals surface area contributed by atoms with Gasteiger partial charge in [-0.1, -0.05) is 29.8 Å². The van der Waals surface area contributed by atoms with Gasteiger partial charge in [0, 0.05) is 22.7 Å². The number of carbonyl (C=O) groups excluding carboxylic acids is 2. The van der Waals surface area contributed by atoms with E-state index in [9.17, 15) is 9.59 Å². The summed E-state index contributed by atoms with van der Waals surface area (Å²) in [4.78, 5) is 25.9. The van der Waals surface area contributed by atoms with Crippen molar-refractivity contribution in [1.29, 1.82) is 0 Å². The smallest absolute Gasteiger partial charge is 0.252 e. The number of hydrogen-bond donors (Lipinski definition) is 2. The lowest BCUT2D eigenvalue weighted by atomic mass is 10.1. The minimum atomic E-state index is -0.225. The van der Waals surface area contributed by atoms with Crippen LogP contribution in [0, 0.1) is 6.92 Å². The first-order valence-electron chi connectivity index (χ1n) is 10.1. The summed E-state index contributed by atoms with van der Waals surface area (Å²) in [6.07, 6.45) is 0. The van der Waals surface area contributed by atoms with Crippen molar-refractivity contribution < 1.29 is 19.1 Å². The molecule has 0 fully saturated rings. The van der Waals surface area contributed by atoms with E-state index in [1.54, 1.807) is 38.5 Å². The van der Waals surface area contributed by atoms with Crippen LogP contribution in [0.2, 0.25) is 0 Å². The van der Waals surface area contributed by atoms with Gasteiger partial charge in [0.1, 0.15) is 11.5 Å². The lowest BCUT2D eigenvalue weighted by Gasteiger charge is -2.13. The molecule has 0 bridgehead atoms. The quantitative estimate of drug-likeness (QED) is 0.463. The minimum Gasteiger partial charge on any atom is -0.497 e. The maximum atomic E-state index is 12.9. The number of anilines is 1. The van der Waals surface area contributed by atoms with E-state index < -0.39 is 0 Å². The van der Waals surface area contributed by atoms with Crippen molar-refractivity contribution in [3.05, 3.63) is 83.4 Å². The van der Waals surface area contributed by atoms with Gasteiger partial charge in [-0.25, -0.2) is 0 Å². The number of thioether (sulfide) groups is 1. The monoisotopic (exact) mass is 450 g/mol. The van der Waals surface area contributed by atoms with Gasteiger partial charge in [-0.15, -0.1) is 11.8 Å². The molecule has 0 atom stereocenters. The molecule has 32 heavy (non-hydrogen) atoms. The van der Waals surface area contributed by atoms with E-state index in [-0.39, 0.29) is 24.1 Å². The second-order valence-electron chi connectivity index (χ2n) is 7.06. The summed E-state index contributed by atoms with van der Waals surface area (Å²) < 4.78 is 10.6. The van der Waals surface area contributed by atoms with Gasteiger partial charge in [-0.2, -0.15) is 0 Å². The molecule has 166 valence electrons. The zero-order valence-electron chi connectivity index (χ0n) is 18.3. The summed E-state index contributed by atoms with van der Waals surface area (Å²) in [6.45, 7) is 2.28. The third-order valence-electron chi connectivity index (χ3n) is 4.75. The van der Waals surface area contributed by atoms with E-state index in [0.717, 1.165) is 21.7 Å². The standard InChI is InChI=1S/C25H26N2O4S/c1-17-8-10-19(11-9-17)27-24(28)16-32-23-7-5-4-6-21(23)25(29)26-15-18-14-20(30-2)12-13-22(18)31-3/h4-14H,15-16H2,1-3H3,(H,26,29)(H,27,28). The van der Waals surface area contributed by atoms with Crippen molar-refractivity contribution in [2.75, 3.05) is 25.3 Å². The summed E-state index contributed by atoms with van der Waals surface area (Å²) in [5, 5.41) is 5.80. The van der Waals surface area contributed by atoms with Crippen LogP contribution in [0.4, 0.5) is 5.69 Å². The van der Waals surface area contributed by atoms with E-state index in [0.29, 0.717) is 17.1 Å². The highest BCUT2D eigenvalue weighted by atomic mass is 32.2. The molecule has 0 radical (unpaired) electrons. The van der Waals surface area contributed by atoms with Crippen LogP contribution in [-0.2, 0) is 11.3 Å². The fraction of sp³-hybridized carbons (Fsp3) is 0.200. The SMILES string of the molecule is COc1ccc(OC)c(CNC(=O)c2ccccc2SCC(=O)Nc2ccc(C)cc2)c1. The van der Waals surface area contributed by atoms with Crippen LogP contribution >= 0.6 is 11.8 Å². The van der Waals surface area contributed by atoms with Crippen molar-refractivity contribution in [3.8, 4) is 11.5 Å². The molecular weight excluding hydrogens is 424 g/mol. The predicted molar refractivity (Wildman–Crippen MR) is 128 cm³/mol. The van der Waals surface area contributed by atoms with Gasteiger partial charge in [0.2, 0.25) is 5.91 Å². The van der Waals surface area contributed by atoms with Gasteiger partial charge in [-0.05, 0) is 49.4 Å². The number of methoxy groups -OCH3 is 2. The molecule has 0 heterocycles. The van der Waals surface area contributed by atoms with Crippen LogP contribution in [-0.4, -0.2) is 31.8 Å². The maximum absolute atomic E-state index is 12.9. The van der Waals surface area contributed by atoms with Crippen molar-refractivity contribution in [2.45, 2.75) is 18.4 Å². The first kappa shape index (κ1) is 23.2. The Balaban J connectivity index is 1.62. The zero-order chi connectivity index (χ0) is 22.9. The molecule has 0 aliphatic heterocycles. The normalized spacial score (nSPS) is 10.3. The highest BCUT2D eigenvalue weighted by Gasteiger charge is 2.14. The summed E-state index contributed by atoms with van der Waals surface area (Å²) in [6, 6.07) is 20.3. The average Bonchev–Trinajstić information content (AvgIpc) is 2.82. The molecule has 3 aromatic rings. The lowest BCUT2D eigenvalue weighted by molar-refractivity contribution is -0.113. The Morgan fingerprint density at radius 1 is 0.938 bits per heavy atom. The molecule has 2 N–H and O–H groups in total. The van der Waals surface area contributed by atoms with Crippen LogP contribution in [0.15, 0.2) is 71.6 Å². The van der Waals surface area contributed by atoms with E-state index >= 15 is 0 Å². The minimum absolute atomic E-state index is 0.129. The molecule has 3 aromatic carbocycles. The highest BCUT2D eigenvalue weighted by molar-refractivity contribution is 8.00. The van der Waals surface area contributed by atoms with Crippen molar-refractivity contribution in [1.82, 2.24) is 5.32 Å². The van der Waals surface area contributed by atoms with E-state index in [2.05, 4.69) is 10.6 Å². The molecule has 6 nitrogen and oxygen atoms in total. The van der Waals surface area contributed by atoms with Gasteiger partial charge in [0.05, 0.1) is 25.5 Å². The summed E-state index contributed by atoms with van der Waals surface area (Å²) in [5.74, 6) is 1.20. The van der Waals surface area contributed by atoms with Crippen LogP contribution in [0.5, 0.6) is 11.5 Å². The molecule has 0 saturated carbocycles. The van der Waals surface area contributed by atoms with Crippen molar-refractivity contribution >= 4 is 29.3 Å². The van der Waals surface area contributed by atoms with Crippen LogP contribution in [0.25, 0.3) is 0 Å². The van der Waals surface area contributed by atoms with Gasteiger partial charge in [-0.3, -0.25) is 9.59 Å².